The SMILES string of the molecule is COc1ccc([C@@H]2NC(=O)NC(C)=C2C(=O)Nc2ccccc2C)cc1OC. The van der Waals surface area contributed by atoms with Crippen LogP contribution in [0, 0.1) is 6.92 Å². The number of aryl methyl sites for hydroxylation is 1. The molecule has 0 saturated heterocycles. The minimum atomic E-state index is -0.627. The number of carbonyl (C=O) groups excluding carboxylic acids is 2. The number of nitrogens with one attached hydrogen (secondary N) is 3. The van der Waals surface area contributed by atoms with Crippen molar-refractivity contribution in [2.45, 2.75) is 19.9 Å². The Kier molecular flexibility index (Phi) is 5.54. The molecule has 2 aromatic carbocycles. The van der Waals surface area contributed by atoms with E-state index in [9.17, 15) is 9.59 Å². The summed E-state index contributed by atoms with van der Waals surface area (Å²) in [5.41, 5.74) is 3.30. The smallest absolute Gasteiger partial charge is 0.319 e. The molecule has 0 saturated carbocycles. The Balaban J connectivity index is 1.99. The molecule has 1 heterocycles. The molecular formula is C21H23N3O4. The molecule has 0 fully saturated rings. The van der Waals surface area contributed by atoms with Gasteiger partial charge in [0.1, 0.15) is 0 Å². The maximum atomic E-state index is 13.1. The van der Waals surface area contributed by atoms with Crippen molar-refractivity contribution >= 4 is 17.6 Å². The number of amides is 3. The normalized spacial score (nSPS) is 16.1. The van der Waals surface area contributed by atoms with E-state index < -0.39 is 6.04 Å². The number of hydrogen-bond donors (Lipinski definition) is 3. The average Bonchev–Trinajstić information content (AvgIpc) is 2.68. The number of urea groups is 1. The number of allylic oxidation sites excluding steroid dienone is 1. The molecule has 3 N–H and O–H groups in total. The van der Waals surface area contributed by atoms with Crippen LogP contribution in [0.1, 0.15) is 24.1 Å². The van der Waals surface area contributed by atoms with Gasteiger partial charge in [-0.2, -0.15) is 0 Å². The second-order valence-electron chi connectivity index (χ2n) is 6.45. The van der Waals surface area contributed by atoms with E-state index >= 15 is 0 Å². The van der Waals surface area contributed by atoms with Crippen molar-refractivity contribution in [3.8, 4) is 11.5 Å². The van der Waals surface area contributed by atoms with Crippen molar-refractivity contribution in [1.82, 2.24) is 10.6 Å². The third kappa shape index (κ3) is 3.78. The summed E-state index contributed by atoms with van der Waals surface area (Å²) in [7, 11) is 3.09. The molecule has 1 aliphatic rings. The van der Waals surface area contributed by atoms with Gasteiger partial charge in [0.25, 0.3) is 5.91 Å². The monoisotopic (exact) mass is 381 g/mol. The van der Waals surface area contributed by atoms with Crippen LogP contribution in [-0.2, 0) is 4.79 Å². The van der Waals surface area contributed by atoms with E-state index in [0.29, 0.717) is 28.3 Å². The van der Waals surface area contributed by atoms with Gasteiger partial charge in [-0.25, -0.2) is 4.79 Å². The highest BCUT2D eigenvalue weighted by atomic mass is 16.5. The van der Waals surface area contributed by atoms with Gasteiger partial charge in [-0.1, -0.05) is 24.3 Å². The van der Waals surface area contributed by atoms with Crippen molar-refractivity contribution in [1.29, 1.82) is 0 Å². The topological polar surface area (TPSA) is 88.7 Å². The van der Waals surface area contributed by atoms with Gasteiger partial charge in [-0.15, -0.1) is 0 Å². The van der Waals surface area contributed by atoms with Gasteiger partial charge in [0.15, 0.2) is 11.5 Å². The minimum Gasteiger partial charge on any atom is -0.493 e. The third-order valence-electron chi connectivity index (χ3n) is 4.65. The van der Waals surface area contributed by atoms with Crippen LogP contribution in [0.25, 0.3) is 0 Å². The molecule has 0 spiro atoms. The zero-order valence-corrected chi connectivity index (χ0v) is 16.3. The zero-order chi connectivity index (χ0) is 20.3. The van der Waals surface area contributed by atoms with Crippen LogP contribution in [0.5, 0.6) is 11.5 Å². The quantitative estimate of drug-likeness (QED) is 0.742. The lowest BCUT2D eigenvalue weighted by molar-refractivity contribution is -0.113. The average molecular weight is 381 g/mol. The molecular weight excluding hydrogens is 358 g/mol. The summed E-state index contributed by atoms with van der Waals surface area (Å²) in [4.78, 5) is 25.2. The molecule has 0 aliphatic carbocycles. The number of ether oxygens (including phenoxy) is 2. The number of carbonyl (C=O) groups is 2. The molecule has 28 heavy (non-hydrogen) atoms. The fourth-order valence-corrected chi connectivity index (χ4v) is 3.18. The van der Waals surface area contributed by atoms with Gasteiger partial charge in [-0.05, 0) is 43.2 Å². The molecule has 2 aromatic rings. The lowest BCUT2D eigenvalue weighted by Crippen LogP contribution is -2.46. The van der Waals surface area contributed by atoms with E-state index in [0.717, 1.165) is 11.3 Å². The van der Waals surface area contributed by atoms with Crippen molar-refractivity contribution in [3.63, 3.8) is 0 Å². The van der Waals surface area contributed by atoms with Gasteiger partial charge in [0, 0.05) is 11.4 Å². The second-order valence-corrected chi connectivity index (χ2v) is 6.45. The molecule has 7 heteroatoms. The summed E-state index contributed by atoms with van der Waals surface area (Å²) >= 11 is 0. The van der Waals surface area contributed by atoms with Crippen LogP contribution in [-0.4, -0.2) is 26.2 Å². The molecule has 0 bridgehead atoms. The van der Waals surface area contributed by atoms with Crippen molar-refractivity contribution in [2.75, 3.05) is 19.5 Å². The standard InChI is InChI=1S/C21H23N3O4/c1-12-7-5-6-8-15(12)23-20(25)18-13(2)22-21(26)24-19(18)14-9-10-16(27-3)17(11-14)28-4/h5-11,19H,1-4H3,(H,23,25)(H2,22,24,26)/t19-/m0/s1. The highest BCUT2D eigenvalue weighted by molar-refractivity contribution is 6.07. The Morgan fingerprint density at radius 1 is 1.04 bits per heavy atom. The van der Waals surface area contributed by atoms with Gasteiger partial charge in [0.2, 0.25) is 0 Å². The predicted molar refractivity (Wildman–Crippen MR) is 106 cm³/mol. The predicted octanol–water partition coefficient (Wildman–Crippen LogP) is 3.28. The van der Waals surface area contributed by atoms with Gasteiger partial charge < -0.3 is 25.4 Å². The first kappa shape index (κ1) is 19.3. The van der Waals surface area contributed by atoms with Gasteiger partial charge >= 0.3 is 6.03 Å². The first-order valence-corrected chi connectivity index (χ1v) is 8.81. The molecule has 1 aliphatic heterocycles. The number of para-hydroxylation sites is 1. The second kappa shape index (κ2) is 8.04. The summed E-state index contributed by atoms with van der Waals surface area (Å²) in [5, 5.41) is 8.42. The Bertz CT molecular complexity index is 952. The first-order chi connectivity index (χ1) is 13.4. The maximum absolute atomic E-state index is 13.1. The fraction of sp³-hybridized carbons (Fsp3) is 0.238. The molecule has 3 amide bonds. The molecule has 0 radical (unpaired) electrons. The zero-order valence-electron chi connectivity index (χ0n) is 16.3. The largest absolute Gasteiger partial charge is 0.493 e. The number of hydrogen-bond acceptors (Lipinski definition) is 4. The van der Waals surface area contributed by atoms with Crippen LogP contribution >= 0.6 is 0 Å². The van der Waals surface area contributed by atoms with Crippen LogP contribution < -0.4 is 25.4 Å². The lowest BCUT2D eigenvalue weighted by Gasteiger charge is -2.29. The van der Waals surface area contributed by atoms with Crippen LogP contribution in [0.4, 0.5) is 10.5 Å². The molecule has 3 rings (SSSR count). The summed E-state index contributed by atoms with van der Waals surface area (Å²) in [6, 6.07) is 11.8. The van der Waals surface area contributed by atoms with E-state index in [-0.39, 0.29) is 11.9 Å². The Morgan fingerprint density at radius 3 is 2.43 bits per heavy atom. The van der Waals surface area contributed by atoms with E-state index in [1.807, 2.05) is 31.2 Å². The first-order valence-electron chi connectivity index (χ1n) is 8.81. The Hall–Kier alpha value is -3.48. The highest BCUT2D eigenvalue weighted by Crippen LogP contribution is 2.34. The summed E-state index contributed by atoms with van der Waals surface area (Å²) < 4.78 is 10.6. The third-order valence-corrected chi connectivity index (χ3v) is 4.65. The van der Waals surface area contributed by atoms with Crippen molar-refractivity contribution in [3.05, 3.63) is 64.9 Å². The Morgan fingerprint density at radius 2 is 1.75 bits per heavy atom. The molecule has 1 atom stereocenters. The highest BCUT2D eigenvalue weighted by Gasteiger charge is 2.32. The number of anilines is 1. The van der Waals surface area contributed by atoms with E-state index in [1.54, 1.807) is 32.2 Å². The molecule has 7 nitrogen and oxygen atoms in total. The van der Waals surface area contributed by atoms with Gasteiger partial charge in [-0.3, -0.25) is 4.79 Å². The number of rotatable bonds is 5. The van der Waals surface area contributed by atoms with Gasteiger partial charge in [0.05, 0.1) is 25.8 Å². The van der Waals surface area contributed by atoms with E-state index in [4.69, 9.17) is 9.47 Å². The molecule has 146 valence electrons. The minimum absolute atomic E-state index is 0.293. The van der Waals surface area contributed by atoms with E-state index in [2.05, 4.69) is 16.0 Å². The molecule has 0 aromatic heterocycles. The van der Waals surface area contributed by atoms with E-state index in [1.165, 1.54) is 7.11 Å². The lowest BCUT2D eigenvalue weighted by atomic mass is 9.94. The van der Waals surface area contributed by atoms with Crippen LogP contribution in [0.15, 0.2) is 53.7 Å². The molecule has 0 unspecified atom stereocenters. The van der Waals surface area contributed by atoms with Crippen LogP contribution in [0.3, 0.4) is 0 Å². The van der Waals surface area contributed by atoms with Crippen LogP contribution in [0.2, 0.25) is 0 Å². The fourth-order valence-electron chi connectivity index (χ4n) is 3.18. The summed E-state index contributed by atoms with van der Waals surface area (Å²) in [6.45, 7) is 3.63. The number of methoxy groups -OCH3 is 2. The number of benzene rings is 2. The van der Waals surface area contributed by atoms with Crippen molar-refractivity contribution in [2.24, 2.45) is 0 Å². The maximum Gasteiger partial charge on any atom is 0.319 e. The van der Waals surface area contributed by atoms with Crippen molar-refractivity contribution < 1.29 is 19.1 Å². The summed E-state index contributed by atoms with van der Waals surface area (Å²) in [6.07, 6.45) is 0. The summed E-state index contributed by atoms with van der Waals surface area (Å²) in [5.74, 6) is 0.793. The Labute approximate surface area is 163 Å².